The van der Waals surface area contributed by atoms with Gasteiger partial charge in [0, 0.05) is 48.6 Å². The first-order chi connectivity index (χ1) is 18.4. The maximum absolute atomic E-state index is 13.4. The molecule has 0 bridgehead atoms. The van der Waals surface area contributed by atoms with E-state index in [-0.39, 0.29) is 21.8 Å². The second-order valence-corrected chi connectivity index (χ2v) is 11.4. The lowest BCUT2D eigenvalue weighted by molar-refractivity contribution is 0.0977. The minimum atomic E-state index is -4.26. The highest BCUT2D eigenvalue weighted by molar-refractivity contribution is 7.90. The molecule has 0 aliphatic carbocycles. The number of carbonyl (C=O) groups excluding carboxylic acids is 1. The first-order valence-corrected chi connectivity index (χ1v) is 13.8. The van der Waals surface area contributed by atoms with Crippen LogP contribution in [0.25, 0.3) is 16.6 Å². The molecule has 6 rings (SSSR count). The molecule has 1 atom stereocenters. The van der Waals surface area contributed by atoms with E-state index in [0.29, 0.717) is 5.52 Å². The summed E-state index contributed by atoms with van der Waals surface area (Å²) >= 11 is 0. The maximum atomic E-state index is 13.4. The zero-order valence-corrected chi connectivity index (χ0v) is 21.6. The molecule has 10 nitrogen and oxygen atoms in total. The number of benzene rings is 2. The molecule has 2 saturated heterocycles. The number of hydrogen-bond acceptors (Lipinski definition) is 8. The number of amides is 1. The maximum Gasteiger partial charge on any atom is 0.283 e. The Kier molecular flexibility index (Phi) is 6.04. The fourth-order valence-electron chi connectivity index (χ4n) is 5.30. The van der Waals surface area contributed by atoms with Crippen LogP contribution in [0, 0.1) is 5.41 Å². The summed E-state index contributed by atoms with van der Waals surface area (Å²) in [6.07, 6.45) is 5.48. The van der Waals surface area contributed by atoms with Crippen molar-refractivity contribution in [2.24, 2.45) is 5.41 Å². The number of anilines is 1. The highest BCUT2D eigenvalue weighted by atomic mass is 32.2. The lowest BCUT2D eigenvalue weighted by Crippen LogP contribution is -2.32. The summed E-state index contributed by atoms with van der Waals surface area (Å²) in [6.45, 7) is 3.09. The summed E-state index contributed by atoms with van der Waals surface area (Å²) < 4.78 is 41.6. The summed E-state index contributed by atoms with van der Waals surface area (Å²) in [4.78, 5) is 19.5. The topological polar surface area (TPSA) is 116 Å². The van der Waals surface area contributed by atoms with Gasteiger partial charge in [0.1, 0.15) is 16.3 Å². The molecule has 11 heteroatoms. The fourth-order valence-corrected chi connectivity index (χ4v) is 6.46. The van der Waals surface area contributed by atoms with Gasteiger partial charge in [-0.2, -0.15) is 5.10 Å². The van der Waals surface area contributed by atoms with Crippen molar-refractivity contribution in [2.45, 2.75) is 17.7 Å². The number of fused-ring (bicyclic) bond motifs is 1. The van der Waals surface area contributed by atoms with E-state index >= 15 is 0 Å². The van der Waals surface area contributed by atoms with Gasteiger partial charge in [0.05, 0.1) is 24.9 Å². The van der Waals surface area contributed by atoms with Gasteiger partial charge in [0.2, 0.25) is 0 Å². The molecule has 2 aliphatic rings. The van der Waals surface area contributed by atoms with Crippen molar-refractivity contribution in [3.05, 3.63) is 72.7 Å². The molecular formula is C27H27N5O5S. The molecule has 4 aromatic rings. The Morgan fingerprint density at radius 3 is 2.79 bits per heavy atom. The molecule has 0 radical (unpaired) electrons. The van der Waals surface area contributed by atoms with Crippen molar-refractivity contribution in [1.29, 1.82) is 0 Å². The Morgan fingerprint density at radius 2 is 2.03 bits per heavy atom. The number of ether oxygens (including phenoxy) is 2. The number of nitrogens with zero attached hydrogens (tertiary/aromatic N) is 4. The second kappa shape index (κ2) is 9.41. The molecule has 38 heavy (non-hydrogen) atoms. The monoisotopic (exact) mass is 533 g/mol. The number of hydrogen-bond donors (Lipinski definition) is 1. The third-order valence-electron chi connectivity index (χ3n) is 7.34. The van der Waals surface area contributed by atoms with Gasteiger partial charge in [-0.3, -0.25) is 4.79 Å². The fraction of sp³-hybridized carbons (Fsp3) is 0.296. The molecule has 196 valence electrons. The molecule has 2 aromatic heterocycles. The SMILES string of the molecule is COc1ccc(N2CCC3(CCOC3)C2)cc1S(=O)(=O)NC(=O)c1ccc2c(-n3cccn3)cccc2n1. The van der Waals surface area contributed by atoms with Crippen molar-refractivity contribution in [1.82, 2.24) is 19.5 Å². The van der Waals surface area contributed by atoms with Crippen LogP contribution in [0.1, 0.15) is 23.3 Å². The molecule has 1 spiro atoms. The van der Waals surface area contributed by atoms with Crippen molar-refractivity contribution in [2.75, 3.05) is 38.3 Å². The minimum absolute atomic E-state index is 0.0171. The third kappa shape index (κ3) is 4.37. The van der Waals surface area contributed by atoms with Gasteiger partial charge in [-0.05, 0) is 61.4 Å². The van der Waals surface area contributed by atoms with Crippen LogP contribution in [-0.2, 0) is 14.8 Å². The molecule has 2 fully saturated rings. The molecule has 2 aromatic carbocycles. The molecule has 2 aliphatic heterocycles. The number of aromatic nitrogens is 3. The van der Waals surface area contributed by atoms with Gasteiger partial charge in [-0.25, -0.2) is 22.8 Å². The van der Waals surface area contributed by atoms with Crippen molar-refractivity contribution in [3.63, 3.8) is 0 Å². The Hall–Kier alpha value is -3.96. The summed E-state index contributed by atoms with van der Waals surface area (Å²) in [5, 5.41) is 5.04. The van der Waals surface area contributed by atoms with Crippen molar-refractivity contribution < 1.29 is 22.7 Å². The van der Waals surface area contributed by atoms with Crippen LogP contribution < -0.4 is 14.4 Å². The van der Waals surface area contributed by atoms with Gasteiger partial charge in [-0.15, -0.1) is 0 Å². The molecule has 0 saturated carbocycles. The predicted molar refractivity (Wildman–Crippen MR) is 141 cm³/mol. The van der Waals surface area contributed by atoms with Gasteiger partial charge in [-0.1, -0.05) is 6.07 Å². The van der Waals surface area contributed by atoms with Crippen LogP contribution >= 0.6 is 0 Å². The molecular weight excluding hydrogens is 506 g/mol. The van der Waals surface area contributed by atoms with E-state index in [9.17, 15) is 13.2 Å². The van der Waals surface area contributed by atoms with E-state index in [0.717, 1.165) is 55.9 Å². The lowest BCUT2D eigenvalue weighted by Gasteiger charge is -2.24. The molecule has 1 unspecified atom stereocenters. The summed E-state index contributed by atoms with van der Waals surface area (Å²) in [6, 6.07) is 15.5. The van der Waals surface area contributed by atoms with Gasteiger partial charge in [0.15, 0.2) is 0 Å². The molecule has 4 heterocycles. The van der Waals surface area contributed by atoms with E-state index in [2.05, 4.69) is 19.7 Å². The van der Waals surface area contributed by atoms with E-state index in [1.807, 2.05) is 24.4 Å². The van der Waals surface area contributed by atoms with Crippen LogP contribution in [0.2, 0.25) is 0 Å². The van der Waals surface area contributed by atoms with Gasteiger partial charge >= 0.3 is 0 Å². The van der Waals surface area contributed by atoms with E-state index < -0.39 is 15.9 Å². The highest BCUT2D eigenvalue weighted by Gasteiger charge is 2.41. The molecule has 1 N–H and O–H groups in total. The highest BCUT2D eigenvalue weighted by Crippen LogP contribution is 2.41. The first kappa shape index (κ1) is 24.4. The zero-order valence-electron chi connectivity index (χ0n) is 20.8. The van der Waals surface area contributed by atoms with Crippen LogP contribution in [0.3, 0.4) is 0 Å². The third-order valence-corrected chi connectivity index (χ3v) is 8.70. The van der Waals surface area contributed by atoms with Crippen molar-refractivity contribution >= 4 is 32.5 Å². The summed E-state index contributed by atoms with van der Waals surface area (Å²) in [7, 11) is -2.86. The number of carbonyl (C=O) groups is 1. The minimum Gasteiger partial charge on any atom is -0.495 e. The van der Waals surface area contributed by atoms with Crippen LogP contribution in [0.15, 0.2) is 71.9 Å². The average Bonchev–Trinajstić information content (AvgIpc) is 3.71. The number of sulfonamides is 1. The number of nitrogens with one attached hydrogen (secondary N) is 1. The van der Waals surface area contributed by atoms with E-state index in [1.165, 1.54) is 13.2 Å². The van der Waals surface area contributed by atoms with Gasteiger partial charge < -0.3 is 14.4 Å². The van der Waals surface area contributed by atoms with Crippen LogP contribution in [0.5, 0.6) is 5.75 Å². The van der Waals surface area contributed by atoms with Crippen molar-refractivity contribution in [3.8, 4) is 11.4 Å². The Balaban J connectivity index is 1.27. The second-order valence-electron chi connectivity index (χ2n) is 9.73. The Labute approximate surface area is 220 Å². The predicted octanol–water partition coefficient (Wildman–Crippen LogP) is 3.16. The summed E-state index contributed by atoms with van der Waals surface area (Å²) in [5.74, 6) is -0.672. The summed E-state index contributed by atoms with van der Waals surface area (Å²) in [5.41, 5.74) is 2.20. The first-order valence-electron chi connectivity index (χ1n) is 12.4. The van der Waals surface area contributed by atoms with Crippen LogP contribution in [-0.4, -0.2) is 62.5 Å². The largest absolute Gasteiger partial charge is 0.495 e. The smallest absolute Gasteiger partial charge is 0.283 e. The standard InChI is InChI=1S/C27H27N5O5S/c1-36-24-9-6-19(31-14-10-27(17-31)11-15-37-18-27)16-25(24)38(34,35)30-26(33)22-8-7-20-21(29-22)4-2-5-23(20)32-13-3-12-28-32/h2-9,12-13,16H,10-11,14-15,17-18H2,1H3,(H,30,33). The number of pyridine rings is 1. The normalized spacial score (nSPS) is 19.3. The lowest BCUT2D eigenvalue weighted by atomic mass is 9.87. The van der Waals surface area contributed by atoms with Crippen LogP contribution in [0.4, 0.5) is 5.69 Å². The number of methoxy groups -OCH3 is 1. The van der Waals surface area contributed by atoms with Gasteiger partial charge in [0.25, 0.3) is 15.9 Å². The quantitative estimate of drug-likeness (QED) is 0.402. The molecule has 1 amide bonds. The average molecular weight is 534 g/mol. The zero-order chi connectivity index (χ0) is 26.3. The number of rotatable bonds is 6. The van der Waals surface area contributed by atoms with E-state index in [4.69, 9.17) is 9.47 Å². The van der Waals surface area contributed by atoms with E-state index in [1.54, 1.807) is 41.2 Å². The Bertz CT molecular complexity index is 1610. The Morgan fingerprint density at radius 1 is 1.13 bits per heavy atom.